The molecule has 2 saturated carbocycles. The van der Waals surface area contributed by atoms with E-state index in [9.17, 15) is 0 Å². The van der Waals surface area contributed by atoms with Crippen molar-refractivity contribution in [2.24, 2.45) is 0 Å². The number of rotatable bonds is 0. The van der Waals surface area contributed by atoms with Crippen molar-refractivity contribution in [2.75, 3.05) is 0 Å². The van der Waals surface area contributed by atoms with Crippen LogP contribution < -0.4 is 11.2 Å². The molecule has 100 valence electrons. The van der Waals surface area contributed by atoms with E-state index >= 15 is 0 Å². The summed E-state index contributed by atoms with van der Waals surface area (Å²) in [6, 6.07) is 0. The molecule has 0 amide bonds. The Bertz CT molecular complexity index is 447. The van der Waals surface area contributed by atoms with Crippen molar-refractivity contribution in [3.05, 3.63) is 11.2 Å². The van der Waals surface area contributed by atoms with E-state index in [1.54, 1.807) is 0 Å². The van der Waals surface area contributed by atoms with Gasteiger partial charge in [-0.1, -0.05) is 12.8 Å². The monoisotopic (exact) mass is 252 g/mol. The Balaban J connectivity index is 1.93. The van der Waals surface area contributed by atoms with Gasteiger partial charge in [-0.2, -0.15) is 0 Å². The standard InChI is InChI=1S/C14H20O4/c1-3-7-11(8-4-1)13-15-17-14(18-16-13)12-9-5-2-6-10-12/h1-10H2. The lowest BCUT2D eigenvalue weighted by Gasteiger charge is -2.11. The van der Waals surface area contributed by atoms with Crippen molar-refractivity contribution in [1.82, 2.24) is 0 Å². The molecule has 2 fully saturated rings. The summed E-state index contributed by atoms with van der Waals surface area (Å²) in [7, 11) is 0. The van der Waals surface area contributed by atoms with Gasteiger partial charge >= 0.3 is 11.2 Å². The van der Waals surface area contributed by atoms with E-state index in [1.807, 2.05) is 0 Å². The molecule has 2 aliphatic rings. The van der Waals surface area contributed by atoms with Crippen LogP contribution in [0.1, 0.15) is 64.2 Å². The summed E-state index contributed by atoms with van der Waals surface area (Å²) in [6.07, 6.45) is 11.4. The SMILES string of the molecule is C1CCC(=c2ooc(=C3CCCCC3)oo2)CC1. The second-order valence-electron chi connectivity index (χ2n) is 5.24. The quantitative estimate of drug-likeness (QED) is 0.664. The van der Waals surface area contributed by atoms with Crippen LogP contribution in [0.4, 0.5) is 0 Å². The van der Waals surface area contributed by atoms with Crippen molar-refractivity contribution < 1.29 is 18.3 Å². The van der Waals surface area contributed by atoms with Gasteiger partial charge in [0.25, 0.3) is 0 Å². The van der Waals surface area contributed by atoms with Crippen LogP contribution in [-0.4, -0.2) is 0 Å². The molecular weight excluding hydrogens is 232 g/mol. The van der Waals surface area contributed by atoms with E-state index in [-0.39, 0.29) is 0 Å². The summed E-state index contributed by atoms with van der Waals surface area (Å²) in [5.41, 5.74) is 3.20. The van der Waals surface area contributed by atoms with Gasteiger partial charge in [0.1, 0.15) is 0 Å². The van der Waals surface area contributed by atoms with Crippen LogP contribution in [0.15, 0.2) is 18.3 Å². The molecule has 0 N–H and O–H groups in total. The Morgan fingerprint density at radius 3 is 1.11 bits per heavy atom. The highest BCUT2D eigenvalue weighted by Crippen LogP contribution is 2.23. The molecule has 1 heterocycles. The number of hydrogen-bond donors (Lipinski definition) is 0. The summed E-state index contributed by atoms with van der Waals surface area (Å²) < 4.78 is 21.0. The van der Waals surface area contributed by atoms with E-state index in [0.29, 0.717) is 11.2 Å². The van der Waals surface area contributed by atoms with E-state index in [0.717, 1.165) is 25.7 Å². The lowest BCUT2D eigenvalue weighted by atomic mass is 9.96. The third kappa shape index (κ3) is 2.57. The van der Waals surface area contributed by atoms with Crippen LogP contribution in [0.3, 0.4) is 0 Å². The zero-order valence-corrected chi connectivity index (χ0v) is 10.7. The molecule has 0 aliphatic heterocycles. The van der Waals surface area contributed by atoms with Gasteiger partial charge in [0.2, 0.25) is 0 Å². The predicted octanol–water partition coefficient (Wildman–Crippen LogP) is 3.41. The first kappa shape index (κ1) is 11.8. The maximum atomic E-state index is 5.26. The Labute approximate surface area is 105 Å². The van der Waals surface area contributed by atoms with Gasteiger partial charge in [0.15, 0.2) is 0 Å². The maximum absolute atomic E-state index is 5.26. The van der Waals surface area contributed by atoms with E-state index in [4.69, 9.17) is 18.3 Å². The smallest absolute Gasteiger partial charge is 0.242 e. The minimum atomic E-state index is 0.426. The third-order valence-corrected chi connectivity index (χ3v) is 3.88. The second kappa shape index (κ2) is 5.55. The molecule has 18 heavy (non-hydrogen) atoms. The highest BCUT2D eigenvalue weighted by Gasteiger charge is 2.12. The van der Waals surface area contributed by atoms with Gasteiger partial charge in [-0.25, -0.2) is 18.3 Å². The fourth-order valence-corrected chi connectivity index (χ4v) is 2.78. The minimum Gasteiger partial charge on any atom is -0.242 e. The van der Waals surface area contributed by atoms with Crippen LogP contribution >= 0.6 is 0 Å². The highest BCUT2D eigenvalue weighted by molar-refractivity contribution is 5.40. The van der Waals surface area contributed by atoms with Crippen LogP contribution in [-0.2, 0) is 0 Å². The zero-order valence-electron chi connectivity index (χ0n) is 10.7. The molecule has 2 aliphatic carbocycles. The second-order valence-corrected chi connectivity index (χ2v) is 5.24. The first-order valence-electron chi connectivity index (χ1n) is 7.06. The van der Waals surface area contributed by atoms with E-state index in [1.165, 1.54) is 49.7 Å². The van der Waals surface area contributed by atoms with Crippen molar-refractivity contribution in [1.29, 1.82) is 0 Å². The van der Waals surface area contributed by atoms with E-state index in [2.05, 4.69) is 0 Å². The Morgan fingerprint density at radius 1 is 0.444 bits per heavy atom. The molecule has 0 radical (unpaired) electrons. The first-order chi connectivity index (χ1) is 8.93. The Kier molecular flexibility index (Phi) is 3.62. The number of hydrogen-bond acceptors (Lipinski definition) is 4. The van der Waals surface area contributed by atoms with Crippen LogP contribution in [0, 0.1) is 0 Å². The normalized spacial score (nSPS) is 21.1. The van der Waals surface area contributed by atoms with Crippen molar-refractivity contribution in [2.45, 2.75) is 64.2 Å². The molecule has 0 atom stereocenters. The lowest BCUT2D eigenvalue weighted by molar-refractivity contribution is -0.159. The molecule has 4 nitrogen and oxygen atoms in total. The molecule has 1 aromatic rings. The topological polar surface area (TPSA) is 52.6 Å². The van der Waals surface area contributed by atoms with Gasteiger partial charge in [0, 0.05) is 11.1 Å². The predicted molar refractivity (Wildman–Crippen MR) is 65.4 cm³/mol. The summed E-state index contributed by atoms with van der Waals surface area (Å²) in [6.45, 7) is 0. The maximum Gasteiger partial charge on any atom is 0.378 e. The van der Waals surface area contributed by atoms with Crippen LogP contribution in [0.5, 0.6) is 0 Å². The summed E-state index contributed by atoms with van der Waals surface area (Å²) in [5.74, 6) is 0. The van der Waals surface area contributed by atoms with Gasteiger partial charge in [-0.05, 0) is 51.4 Å². The Morgan fingerprint density at radius 2 is 0.778 bits per heavy atom. The molecule has 0 unspecified atom stereocenters. The summed E-state index contributed by atoms with van der Waals surface area (Å²) in [4.78, 5) is 0. The van der Waals surface area contributed by atoms with E-state index < -0.39 is 0 Å². The fraction of sp³-hybridized carbons (Fsp3) is 0.714. The minimum absolute atomic E-state index is 0.426. The molecule has 1 aromatic heterocycles. The zero-order chi connectivity index (χ0) is 12.2. The third-order valence-electron chi connectivity index (χ3n) is 3.88. The average Bonchev–Trinajstić information content (AvgIpc) is 2.49. The summed E-state index contributed by atoms with van der Waals surface area (Å²) >= 11 is 0. The van der Waals surface area contributed by atoms with Crippen LogP contribution in [0.2, 0.25) is 0 Å². The Hall–Kier alpha value is -1.32. The lowest BCUT2D eigenvalue weighted by Crippen LogP contribution is -2.15. The van der Waals surface area contributed by atoms with Gasteiger partial charge < -0.3 is 0 Å². The fourth-order valence-electron chi connectivity index (χ4n) is 2.78. The molecule has 0 spiro atoms. The van der Waals surface area contributed by atoms with Crippen molar-refractivity contribution in [3.8, 4) is 0 Å². The molecular formula is C14H20O4. The molecule has 0 aromatic carbocycles. The summed E-state index contributed by atoms with van der Waals surface area (Å²) in [5, 5.41) is 0. The molecule has 4 heteroatoms. The van der Waals surface area contributed by atoms with Gasteiger partial charge in [0.05, 0.1) is 0 Å². The van der Waals surface area contributed by atoms with Crippen LogP contribution in [0.25, 0.3) is 11.1 Å². The largest absolute Gasteiger partial charge is 0.378 e. The molecule has 0 saturated heterocycles. The molecule has 3 rings (SSSR count). The van der Waals surface area contributed by atoms with Gasteiger partial charge in [-0.3, -0.25) is 0 Å². The highest BCUT2D eigenvalue weighted by atomic mass is 17.1. The molecule has 0 bridgehead atoms. The van der Waals surface area contributed by atoms with Crippen molar-refractivity contribution >= 4 is 11.1 Å². The van der Waals surface area contributed by atoms with Crippen molar-refractivity contribution in [3.63, 3.8) is 0 Å². The average molecular weight is 252 g/mol. The van der Waals surface area contributed by atoms with Gasteiger partial charge in [-0.15, -0.1) is 0 Å². The first-order valence-corrected chi connectivity index (χ1v) is 7.06.